The minimum absolute atomic E-state index is 0.763. The molecule has 2 aliphatic rings. The van der Waals surface area contributed by atoms with Gasteiger partial charge < -0.3 is 10.2 Å². The number of benzene rings is 1. The van der Waals surface area contributed by atoms with Gasteiger partial charge in [0.2, 0.25) is 0 Å². The lowest BCUT2D eigenvalue weighted by Crippen LogP contribution is -2.45. The number of aromatic nitrogens is 1. The highest BCUT2D eigenvalue weighted by molar-refractivity contribution is 6.31. The number of pyridine rings is 1. The molecular formula is C20H27ClN4. The lowest BCUT2D eigenvalue weighted by molar-refractivity contribution is 0.158. The molecule has 0 atom stereocenters. The summed E-state index contributed by atoms with van der Waals surface area (Å²) in [4.78, 5) is 9.86. The van der Waals surface area contributed by atoms with Crippen LogP contribution in [0.4, 0.5) is 5.69 Å². The first-order valence-corrected chi connectivity index (χ1v) is 9.84. The molecule has 0 radical (unpaired) electrons. The molecule has 1 aromatic heterocycles. The van der Waals surface area contributed by atoms with E-state index < -0.39 is 0 Å². The Morgan fingerprint density at radius 3 is 2.76 bits per heavy atom. The lowest BCUT2D eigenvalue weighted by Gasteiger charge is -2.32. The fourth-order valence-electron chi connectivity index (χ4n) is 4.01. The summed E-state index contributed by atoms with van der Waals surface area (Å²) >= 11 is 6.20. The van der Waals surface area contributed by atoms with E-state index in [0.29, 0.717) is 0 Å². The molecule has 4 rings (SSSR count). The largest absolute Gasteiger partial charge is 0.383 e. The van der Waals surface area contributed by atoms with Crippen molar-refractivity contribution in [2.45, 2.75) is 25.7 Å². The molecule has 1 fully saturated rings. The molecule has 4 nitrogen and oxygen atoms in total. The molecule has 1 aliphatic carbocycles. The van der Waals surface area contributed by atoms with Crippen molar-refractivity contribution < 1.29 is 0 Å². The van der Waals surface area contributed by atoms with Crippen molar-refractivity contribution in [3.05, 3.63) is 34.5 Å². The molecule has 1 N–H and O–H groups in total. The first kappa shape index (κ1) is 17.1. The molecule has 0 unspecified atom stereocenters. The van der Waals surface area contributed by atoms with Crippen molar-refractivity contribution in [3.63, 3.8) is 0 Å². The van der Waals surface area contributed by atoms with Gasteiger partial charge in [0.15, 0.2) is 0 Å². The molecule has 1 aliphatic heterocycles. The molecule has 2 heterocycles. The van der Waals surface area contributed by atoms with E-state index in [-0.39, 0.29) is 0 Å². The molecule has 0 spiro atoms. The Morgan fingerprint density at radius 2 is 1.92 bits per heavy atom. The van der Waals surface area contributed by atoms with Gasteiger partial charge in [-0.05, 0) is 56.5 Å². The molecule has 1 saturated heterocycles. The third-order valence-corrected chi connectivity index (χ3v) is 5.79. The Kier molecular flexibility index (Phi) is 5.11. The number of aryl methyl sites for hydroxylation is 1. The summed E-state index contributed by atoms with van der Waals surface area (Å²) in [5, 5.41) is 5.73. The monoisotopic (exact) mass is 358 g/mol. The van der Waals surface area contributed by atoms with E-state index in [1.54, 1.807) is 0 Å². The van der Waals surface area contributed by atoms with Crippen LogP contribution in [-0.4, -0.2) is 61.1 Å². The average molecular weight is 359 g/mol. The van der Waals surface area contributed by atoms with Gasteiger partial charge in [-0.3, -0.25) is 9.88 Å². The van der Waals surface area contributed by atoms with E-state index >= 15 is 0 Å². The van der Waals surface area contributed by atoms with Crippen LogP contribution >= 0.6 is 11.6 Å². The summed E-state index contributed by atoms with van der Waals surface area (Å²) in [7, 11) is 2.20. The third kappa shape index (κ3) is 3.76. The number of anilines is 1. The van der Waals surface area contributed by atoms with Crippen LogP contribution in [0, 0.1) is 0 Å². The Balaban J connectivity index is 1.55. The molecule has 25 heavy (non-hydrogen) atoms. The van der Waals surface area contributed by atoms with Gasteiger partial charge in [0.25, 0.3) is 0 Å². The summed E-state index contributed by atoms with van der Waals surface area (Å²) in [5.74, 6) is 0. The van der Waals surface area contributed by atoms with Crippen LogP contribution in [-0.2, 0) is 12.8 Å². The predicted molar refractivity (Wildman–Crippen MR) is 106 cm³/mol. The fourth-order valence-corrected chi connectivity index (χ4v) is 4.18. The molecule has 0 bridgehead atoms. The van der Waals surface area contributed by atoms with Crippen LogP contribution in [0.3, 0.4) is 0 Å². The summed E-state index contributed by atoms with van der Waals surface area (Å²) < 4.78 is 0. The maximum absolute atomic E-state index is 6.20. The molecule has 1 aromatic carbocycles. The fraction of sp³-hybridized carbons (Fsp3) is 0.550. The van der Waals surface area contributed by atoms with Crippen LogP contribution in [0.5, 0.6) is 0 Å². The first-order valence-electron chi connectivity index (χ1n) is 9.46. The van der Waals surface area contributed by atoms with Crippen LogP contribution in [0.25, 0.3) is 10.9 Å². The zero-order chi connectivity index (χ0) is 17.2. The van der Waals surface area contributed by atoms with E-state index in [1.165, 1.54) is 61.4 Å². The standard InChI is InChI=1S/C20H27ClN4/c1-24-10-12-25(13-11-24)9-8-22-20-16-4-2-3-5-18(16)23-19-14-15(21)6-7-17(19)20/h6-7,14H,2-5,8-13H2,1H3,(H,22,23). The zero-order valence-corrected chi connectivity index (χ0v) is 15.8. The second-order valence-corrected chi connectivity index (χ2v) is 7.79. The Labute approximate surface area is 155 Å². The normalized spacial score (nSPS) is 19.1. The molecule has 0 amide bonds. The predicted octanol–water partition coefficient (Wildman–Crippen LogP) is 3.43. The number of hydrogen-bond donors (Lipinski definition) is 1. The van der Waals surface area contributed by atoms with E-state index in [4.69, 9.17) is 16.6 Å². The minimum Gasteiger partial charge on any atom is -0.383 e. The first-order chi connectivity index (χ1) is 12.2. The topological polar surface area (TPSA) is 31.4 Å². The summed E-state index contributed by atoms with van der Waals surface area (Å²) in [6.45, 7) is 6.77. The minimum atomic E-state index is 0.763. The Morgan fingerprint density at radius 1 is 1.12 bits per heavy atom. The Bertz CT molecular complexity index is 753. The van der Waals surface area contributed by atoms with E-state index in [1.807, 2.05) is 12.1 Å². The van der Waals surface area contributed by atoms with Crippen molar-refractivity contribution >= 4 is 28.2 Å². The zero-order valence-electron chi connectivity index (χ0n) is 15.0. The van der Waals surface area contributed by atoms with Gasteiger partial charge in [-0.15, -0.1) is 0 Å². The van der Waals surface area contributed by atoms with Gasteiger partial charge in [-0.25, -0.2) is 0 Å². The second-order valence-electron chi connectivity index (χ2n) is 7.35. The lowest BCUT2D eigenvalue weighted by atomic mass is 9.92. The van der Waals surface area contributed by atoms with Gasteiger partial charge in [-0.1, -0.05) is 11.6 Å². The van der Waals surface area contributed by atoms with Crippen molar-refractivity contribution in [1.82, 2.24) is 14.8 Å². The highest BCUT2D eigenvalue weighted by Gasteiger charge is 2.19. The summed E-state index contributed by atoms with van der Waals surface area (Å²) in [6, 6.07) is 6.10. The van der Waals surface area contributed by atoms with E-state index in [9.17, 15) is 0 Å². The molecule has 0 saturated carbocycles. The quantitative estimate of drug-likeness (QED) is 0.907. The summed E-state index contributed by atoms with van der Waals surface area (Å²) in [5.41, 5.74) is 5.02. The van der Waals surface area contributed by atoms with Crippen LogP contribution < -0.4 is 5.32 Å². The maximum Gasteiger partial charge on any atom is 0.0741 e. The SMILES string of the molecule is CN1CCN(CCNc2c3c(nc4cc(Cl)ccc24)CCCC3)CC1. The van der Waals surface area contributed by atoms with Crippen LogP contribution in [0.15, 0.2) is 18.2 Å². The van der Waals surface area contributed by atoms with E-state index in [2.05, 4.69) is 28.2 Å². The number of nitrogens with one attached hydrogen (secondary N) is 1. The van der Waals surface area contributed by atoms with Gasteiger partial charge in [0.1, 0.15) is 0 Å². The van der Waals surface area contributed by atoms with Gasteiger partial charge >= 0.3 is 0 Å². The second kappa shape index (κ2) is 7.48. The van der Waals surface area contributed by atoms with Gasteiger partial charge in [0, 0.05) is 61.1 Å². The smallest absolute Gasteiger partial charge is 0.0741 e. The van der Waals surface area contributed by atoms with Crippen molar-refractivity contribution in [2.75, 3.05) is 51.6 Å². The maximum atomic E-state index is 6.20. The number of piperazine rings is 1. The number of nitrogens with zero attached hydrogens (tertiary/aromatic N) is 3. The number of rotatable bonds is 4. The number of fused-ring (bicyclic) bond motifs is 2. The highest BCUT2D eigenvalue weighted by atomic mass is 35.5. The molecular weight excluding hydrogens is 332 g/mol. The summed E-state index contributed by atoms with van der Waals surface area (Å²) in [6.07, 6.45) is 4.73. The molecule has 5 heteroatoms. The average Bonchev–Trinajstić information content (AvgIpc) is 2.62. The molecule has 2 aromatic rings. The number of hydrogen-bond acceptors (Lipinski definition) is 4. The number of halogens is 1. The van der Waals surface area contributed by atoms with Crippen molar-refractivity contribution in [3.8, 4) is 0 Å². The van der Waals surface area contributed by atoms with Crippen molar-refractivity contribution in [2.24, 2.45) is 0 Å². The number of likely N-dealkylation sites (N-methyl/N-ethyl adjacent to an activating group) is 1. The van der Waals surface area contributed by atoms with Gasteiger partial charge in [-0.2, -0.15) is 0 Å². The molecule has 134 valence electrons. The van der Waals surface area contributed by atoms with Crippen molar-refractivity contribution in [1.29, 1.82) is 0 Å². The van der Waals surface area contributed by atoms with Crippen LogP contribution in [0.2, 0.25) is 5.02 Å². The van der Waals surface area contributed by atoms with Gasteiger partial charge in [0.05, 0.1) is 5.52 Å². The third-order valence-electron chi connectivity index (χ3n) is 5.55. The Hall–Kier alpha value is -1.36. The highest BCUT2D eigenvalue weighted by Crippen LogP contribution is 2.34. The van der Waals surface area contributed by atoms with E-state index in [0.717, 1.165) is 36.5 Å². The van der Waals surface area contributed by atoms with Crippen LogP contribution in [0.1, 0.15) is 24.1 Å².